The van der Waals surface area contributed by atoms with Crippen molar-refractivity contribution in [2.75, 3.05) is 20.2 Å². The molecule has 2 aliphatic rings. The molecule has 2 atom stereocenters. The second kappa shape index (κ2) is 8.36. The van der Waals surface area contributed by atoms with Crippen molar-refractivity contribution in [1.82, 2.24) is 15.5 Å². The van der Waals surface area contributed by atoms with E-state index < -0.39 is 29.6 Å². The number of ether oxygens (including phenoxy) is 2. The third-order valence-corrected chi connectivity index (χ3v) is 5.26. The molecule has 0 bridgehead atoms. The molecule has 0 saturated carbocycles. The minimum absolute atomic E-state index is 0.0306. The molecule has 2 aliphatic heterocycles. The summed E-state index contributed by atoms with van der Waals surface area (Å²) in [5.74, 6) is -1.16. The number of piperidine rings is 1. The minimum atomic E-state index is -0.969. The average Bonchev–Trinajstić information content (AvgIpc) is 2.87. The lowest BCUT2D eigenvalue weighted by Crippen LogP contribution is -2.51. The van der Waals surface area contributed by atoms with E-state index in [0.29, 0.717) is 32.4 Å². The van der Waals surface area contributed by atoms with Gasteiger partial charge in [0.1, 0.15) is 11.6 Å². The SMILES string of the molecule is COC(=O)C(CC1CC2(CCN(C(C)=O)CC2)NC1=O)NC(=O)OC(C)(C)C. The number of rotatable bonds is 4. The van der Waals surface area contributed by atoms with Crippen LogP contribution in [0.15, 0.2) is 0 Å². The summed E-state index contributed by atoms with van der Waals surface area (Å²) in [5, 5.41) is 5.58. The summed E-state index contributed by atoms with van der Waals surface area (Å²) < 4.78 is 9.98. The highest BCUT2D eigenvalue weighted by Gasteiger charge is 2.47. The van der Waals surface area contributed by atoms with Gasteiger partial charge in [-0.15, -0.1) is 0 Å². The largest absolute Gasteiger partial charge is 0.467 e. The van der Waals surface area contributed by atoms with Crippen molar-refractivity contribution in [3.8, 4) is 0 Å². The monoisotopic (exact) mass is 397 g/mol. The molecular formula is C19H31N3O6. The van der Waals surface area contributed by atoms with Crippen LogP contribution >= 0.6 is 0 Å². The van der Waals surface area contributed by atoms with Gasteiger partial charge in [-0.1, -0.05) is 0 Å². The summed E-state index contributed by atoms with van der Waals surface area (Å²) in [6.45, 7) is 7.90. The van der Waals surface area contributed by atoms with E-state index >= 15 is 0 Å². The molecule has 158 valence electrons. The zero-order valence-electron chi connectivity index (χ0n) is 17.3. The molecule has 0 aromatic carbocycles. The van der Waals surface area contributed by atoms with Crippen molar-refractivity contribution in [2.45, 2.75) is 70.6 Å². The van der Waals surface area contributed by atoms with E-state index in [1.165, 1.54) is 14.0 Å². The van der Waals surface area contributed by atoms with Crippen LogP contribution in [0.3, 0.4) is 0 Å². The number of likely N-dealkylation sites (tertiary alicyclic amines) is 1. The lowest BCUT2D eigenvalue weighted by atomic mass is 9.82. The van der Waals surface area contributed by atoms with Gasteiger partial charge in [0, 0.05) is 31.5 Å². The molecule has 3 amide bonds. The van der Waals surface area contributed by atoms with E-state index in [4.69, 9.17) is 9.47 Å². The second-order valence-electron chi connectivity index (χ2n) is 8.63. The highest BCUT2D eigenvalue weighted by molar-refractivity contribution is 5.85. The summed E-state index contributed by atoms with van der Waals surface area (Å²) in [7, 11) is 1.24. The van der Waals surface area contributed by atoms with Crippen LogP contribution < -0.4 is 10.6 Å². The fraction of sp³-hybridized carbons (Fsp3) is 0.789. The molecule has 0 aromatic heterocycles. The number of carbonyl (C=O) groups excluding carboxylic acids is 4. The van der Waals surface area contributed by atoms with Gasteiger partial charge in [-0.2, -0.15) is 0 Å². The number of alkyl carbamates (subject to hydrolysis) is 1. The quantitative estimate of drug-likeness (QED) is 0.683. The summed E-state index contributed by atoms with van der Waals surface area (Å²) in [6.07, 6.45) is 1.32. The molecular weight excluding hydrogens is 366 g/mol. The molecule has 1 spiro atoms. The minimum Gasteiger partial charge on any atom is -0.467 e. The highest BCUT2D eigenvalue weighted by atomic mass is 16.6. The first kappa shape index (κ1) is 22.0. The number of amides is 3. The number of methoxy groups -OCH3 is 1. The molecule has 2 rings (SSSR count). The normalized spacial score (nSPS) is 22.4. The van der Waals surface area contributed by atoms with Crippen LogP contribution in [0.5, 0.6) is 0 Å². The zero-order chi connectivity index (χ0) is 21.1. The average molecular weight is 397 g/mol. The maximum absolute atomic E-state index is 12.5. The van der Waals surface area contributed by atoms with Crippen molar-refractivity contribution in [2.24, 2.45) is 5.92 Å². The number of nitrogens with one attached hydrogen (secondary N) is 2. The molecule has 2 heterocycles. The Bertz CT molecular complexity index is 634. The van der Waals surface area contributed by atoms with Gasteiger partial charge < -0.3 is 25.0 Å². The highest BCUT2D eigenvalue weighted by Crippen LogP contribution is 2.36. The van der Waals surface area contributed by atoms with E-state index in [-0.39, 0.29) is 23.8 Å². The fourth-order valence-corrected chi connectivity index (χ4v) is 3.84. The Kier molecular flexibility index (Phi) is 6.56. The molecule has 2 N–H and O–H groups in total. The van der Waals surface area contributed by atoms with Crippen LogP contribution in [0.4, 0.5) is 4.79 Å². The maximum atomic E-state index is 12.5. The van der Waals surface area contributed by atoms with Crippen LogP contribution in [-0.2, 0) is 23.9 Å². The Morgan fingerprint density at radius 3 is 2.39 bits per heavy atom. The molecule has 2 saturated heterocycles. The number of nitrogens with zero attached hydrogens (tertiary/aromatic N) is 1. The Labute approximate surface area is 165 Å². The van der Waals surface area contributed by atoms with Crippen molar-refractivity contribution in [1.29, 1.82) is 0 Å². The maximum Gasteiger partial charge on any atom is 0.408 e. The molecule has 9 nitrogen and oxygen atoms in total. The van der Waals surface area contributed by atoms with E-state index in [2.05, 4.69) is 10.6 Å². The van der Waals surface area contributed by atoms with Crippen LogP contribution in [0.1, 0.15) is 53.4 Å². The Balaban J connectivity index is 2.00. The molecule has 28 heavy (non-hydrogen) atoms. The van der Waals surface area contributed by atoms with Gasteiger partial charge in [-0.25, -0.2) is 9.59 Å². The summed E-state index contributed by atoms with van der Waals surface area (Å²) in [4.78, 5) is 50.0. The number of hydrogen-bond acceptors (Lipinski definition) is 6. The number of hydrogen-bond donors (Lipinski definition) is 2. The van der Waals surface area contributed by atoms with Crippen molar-refractivity contribution in [3.05, 3.63) is 0 Å². The van der Waals surface area contributed by atoms with Gasteiger partial charge >= 0.3 is 12.1 Å². The first-order valence-corrected chi connectivity index (χ1v) is 9.59. The van der Waals surface area contributed by atoms with Gasteiger partial charge in [0.25, 0.3) is 0 Å². The summed E-state index contributed by atoms with van der Waals surface area (Å²) >= 11 is 0. The van der Waals surface area contributed by atoms with E-state index in [9.17, 15) is 19.2 Å². The summed E-state index contributed by atoms with van der Waals surface area (Å²) in [5.41, 5.74) is -1.06. The number of carbonyl (C=O) groups is 4. The first-order valence-electron chi connectivity index (χ1n) is 9.59. The van der Waals surface area contributed by atoms with Crippen LogP contribution in [-0.4, -0.2) is 66.2 Å². The van der Waals surface area contributed by atoms with Crippen molar-refractivity contribution < 1.29 is 28.7 Å². The number of esters is 1. The lowest BCUT2D eigenvalue weighted by molar-refractivity contribution is -0.143. The van der Waals surface area contributed by atoms with Crippen LogP contribution in [0, 0.1) is 5.92 Å². The fourth-order valence-electron chi connectivity index (χ4n) is 3.84. The van der Waals surface area contributed by atoms with Gasteiger partial charge in [0.05, 0.1) is 7.11 Å². The van der Waals surface area contributed by atoms with Crippen molar-refractivity contribution in [3.63, 3.8) is 0 Å². The van der Waals surface area contributed by atoms with Gasteiger partial charge in [0.15, 0.2) is 0 Å². The topological polar surface area (TPSA) is 114 Å². The lowest BCUT2D eigenvalue weighted by Gasteiger charge is -2.39. The molecule has 9 heteroatoms. The third kappa shape index (κ3) is 5.59. The van der Waals surface area contributed by atoms with E-state index in [1.54, 1.807) is 25.7 Å². The van der Waals surface area contributed by atoms with Gasteiger partial charge in [0.2, 0.25) is 11.8 Å². The first-order chi connectivity index (χ1) is 12.9. The van der Waals surface area contributed by atoms with E-state index in [1.807, 2.05) is 0 Å². The Morgan fingerprint density at radius 2 is 1.89 bits per heavy atom. The van der Waals surface area contributed by atoms with Gasteiger partial charge in [-0.3, -0.25) is 9.59 Å². The second-order valence-corrected chi connectivity index (χ2v) is 8.63. The molecule has 0 aliphatic carbocycles. The molecule has 2 unspecified atom stereocenters. The Morgan fingerprint density at radius 1 is 1.29 bits per heavy atom. The third-order valence-electron chi connectivity index (χ3n) is 5.26. The summed E-state index contributed by atoms with van der Waals surface area (Å²) in [6, 6.07) is -0.969. The molecule has 0 aromatic rings. The smallest absolute Gasteiger partial charge is 0.408 e. The van der Waals surface area contributed by atoms with Crippen LogP contribution in [0.25, 0.3) is 0 Å². The van der Waals surface area contributed by atoms with Crippen molar-refractivity contribution >= 4 is 23.9 Å². The predicted molar refractivity (Wildman–Crippen MR) is 100 cm³/mol. The van der Waals surface area contributed by atoms with E-state index in [0.717, 1.165) is 0 Å². The zero-order valence-corrected chi connectivity index (χ0v) is 17.3. The van der Waals surface area contributed by atoms with Crippen LogP contribution in [0.2, 0.25) is 0 Å². The predicted octanol–water partition coefficient (Wildman–Crippen LogP) is 0.960. The molecule has 0 radical (unpaired) electrons. The Hall–Kier alpha value is -2.32. The standard InChI is InChI=1S/C19H31N3O6/c1-12(23)22-8-6-19(7-9-22)11-13(15(24)21-19)10-14(16(25)27-5)20-17(26)28-18(2,3)4/h13-14H,6-11H2,1-5H3,(H,20,26)(H,21,24). The van der Waals surface area contributed by atoms with Gasteiger partial charge in [-0.05, 0) is 46.5 Å². The molecule has 2 fully saturated rings.